The lowest BCUT2D eigenvalue weighted by Crippen LogP contribution is -2.16. The molecule has 0 saturated heterocycles. The maximum atomic E-state index is 6.02. The van der Waals surface area contributed by atoms with Crippen molar-refractivity contribution in [1.29, 1.82) is 0 Å². The minimum atomic E-state index is 0.494. The molecule has 0 spiro atoms. The van der Waals surface area contributed by atoms with Gasteiger partial charge in [-0.1, -0.05) is 48.5 Å². The van der Waals surface area contributed by atoms with Gasteiger partial charge in [0.2, 0.25) is 0 Å². The molecule has 7 heteroatoms. The Hall–Kier alpha value is -5.82. The van der Waals surface area contributed by atoms with Crippen LogP contribution in [0.5, 0.6) is 34.5 Å². The fraction of sp³-hybridized carbons (Fsp3) is 0.150. The molecule has 0 fully saturated rings. The van der Waals surface area contributed by atoms with Crippen LogP contribution in [0.2, 0.25) is 0 Å². The molecule has 0 unspecified atom stereocenters. The lowest BCUT2D eigenvalue weighted by molar-refractivity contribution is 0.171. The fourth-order valence-electron chi connectivity index (χ4n) is 5.37. The summed E-state index contributed by atoms with van der Waals surface area (Å²) >= 11 is 0. The van der Waals surface area contributed by atoms with Crippen molar-refractivity contribution in [2.24, 2.45) is 0 Å². The van der Waals surface area contributed by atoms with Crippen molar-refractivity contribution >= 4 is 16.8 Å². The minimum Gasteiger partial charge on any atom is -0.497 e. The smallest absolute Gasteiger partial charge is 0.163 e. The lowest BCUT2D eigenvalue weighted by Gasteiger charge is -2.24. The lowest BCUT2D eigenvalue weighted by atomic mass is 9.97. The molecule has 1 aliphatic rings. The van der Waals surface area contributed by atoms with Gasteiger partial charge in [-0.15, -0.1) is 0 Å². The van der Waals surface area contributed by atoms with Crippen LogP contribution < -0.4 is 33.3 Å². The minimum absolute atomic E-state index is 0.494. The molecule has 7 nitrogen and oxygen atoms in total. The Bertz CT molecular complexity index is 1640. The van der Waals surface area contributed by atoms with E-state index in [9.17, 15) is 0 Å². The molecular formula is C40H37NO6. The third-order valence-corrected chi connectivity index (χ3v) is 7.96. The zero-order chi connectivity index (χ0) is 32.6. The number of hydrogen-bond acceptors (Lipinski definition) is 7. The van der Waals surface area contributed by atoms with Gasteiger partial charge >= 0.3 is 0 Å². The van der Waals surface area contributed by atoms with Crippen molar-refractivity contribution in [3.05, 3.63) is 150 Å². The SMILES string of the molecule is COc1ccc(C(=CN(C=C(c2ccc(OC)cc2)c2ccc(OC)cc2)c2ccc3c(c2)OCCO3)c2ccc(OC)cc2)cc1. The van der Waals surface area contributed by atoms with Crippen LogP contribution in [-0.2, 0) is 0 Å². The van der Waals surface area contributed by atoms with Gasteiger partial charge in [-0.2, -0.15) is 0 Å². The topological polar surface area (TPSA) is 58.6 Å². The van der Waals surface area contributed by atoms with Crippen LogP contribution in [0.15, 0.2) is 128 Å². The molecule has 0 aliphatic carbocycles. The molecular weight excluding hydrogens is 590 g/mol. The normalized spacial score (nSPS) is 11.6. The van der Waals surface area contributed by atoms with E-state index in [1.165, 1.54) is 0 Å². The number of nitrogens with zero attached hydrogens (tertiary/aromatic N) is 1. The number of hydrogen-bond donors (Lipinski definition) is 0. The van der Waals surface area contributed by atoms with Crippen LogP contribution in [0.4, 0.5) is 5.69 Å². The first-order valence-electron chi connectivity index (χ1n) is 15.3. The average molecular weight is 628 g/mol. The summed E-state index contributed by atoms with van der Waals surface area (Å²) in [6.45, 7) is 1.02. The molecule has 0 N–H and O–H groups in total. The molecule has 0 amide bonds. The first kappa shape index (κ1) is 31.2. The molecule has 1 aliphatic heterocycles. The number of ether oxygens (including phenoxy) is 6. The van der Waals surface area contributed by atoms with Crippen LogP contribution in [0, 0.1) is 0 Å². The molecule has 5 aromatic carbocycles. The summed E-state index contributed by atoms with van der Waals surface area (Å²) in [7, 11) is 6.68. The predicted octanol–water partition coefficient (Wildman–Crippen LogP) is 8.48. The first-order chi connectivity index (χ1) is 23.1. The van der Waals surface area contributed by atoms with Gasteiger partial charge in [0.25, 0.3) is 0 Å². The van der Waals surface area contributed by atoms with E-state index in [-0.39, 0.29) is 0 Å². The molecule has 5 aromatic rings. The summed E-state index contributed by atoms with van der Waals surface area (Å²) in [5, 5.41) is 0. The Morgan fingerprint density at radius 1 is 0.468 bits per heavy atom. The fourth-order valence-corrected chi connectivity index (χ4v) is 5.37. The zero-order valence-corrected chi connectivity index (χ0v) is 26.9. The Kier molecular flexibility index (Phi) is 9.63. The van der Waals surface area contributed by atoms with Crippen LogP contribution in [0.1, 0.15) is 22.3 Å². The number of fused-ring (bicyclic) bond motifs is 1. The van der Waals surface area contributed by atoms with E-state index in [4.69, 9.17) is 28.4 Å². The summed E-state index contributed by atoms with van der Waals surface area (Å²) in [6.07, 6.45) is 4.28. The summed E-state index contributed by atoms with van der Waals surface area (Å²) < 4.78 is 33.8. The van der Waals surface area contributed by atoms with E-state index in [0.717, 1.165) is 67.8 Å². The third-order valence-electron chi connectivity index (χ3n) is 7.96. The Balaban J connectivity index is 1.58. The van der Waals surface area contributed by atoms with E-state index in [2.05, 4.69) is 65.8 Å². The van der Waals surface area contributed by atoms with Gasteiger partial charge in [-0.3, -0.25) is 0 Å². The molecule has 0 saturated carbocycles. The Morgan fingerprint density at radius 3 is 1.15 bits per heavy atom. The first-order valence-corrected chi connectivity index (χ1v) is 15.3. The Labute approximate surface area is 275 Å². The predicted molar refractivity (Wildman–Crippen MR) is 186 cm³/mol. The van der Waals surface area contributed by atoms with Crippen molar-refractivity contribution in [2.75, 3.05) is 46.6 Å². The number of anilines is 1. The molecule has 6 rings (SSSR count). The number of methoxy groups -OCH3 is 4. The van der Waals surface area contributed by atoms with Gasteiger partial charge in [0.15, 0.2) is 11.5 Å². The standard InChI is InChI=1S/C40H37NO6/c1-42-33-14-5-28(6-15-33)37(29-7-16-34(43-2)17-8-29)26-41(32-13-22-39-40(25-32)47-24-23-46-39)27-38(30-9-18-35(44-3)19-10-30)31-11-20-36(45-4)21-12-31/h5-22,25-27H,23-24H2,1-4H3. The van der Waals surface area contributed by atoms with E-state index < -0.39 is 0 Å². The van der Waals surface area contributed by atoms with Gasteiger partial charge in [-0.05, 0) is 82.9 Å². The van der Waals surface area contributed by atoms with Gasteiger partial charge < -0.3 is 33.3 Å². The van der Waals surface area contributed by atoms with Crippen molar-refractivity contribution in [2.45, 2.75) is 0 Å². The Morgan fingerprint density at radius 2 is 0.809 bits per heavy atom. The largest absolute Gasteiger partial charge is 0.497 e. The second kappa shape index (κ2) is 14.5. The van der Waals surface area contributed by atoms with Gasteiger partial charge in [0, 0.05) is 35.3 Å². The van der Waals surface area contributed by atoms with Gasteiger partial charge in [-0.25, -0.2) is 0 Å². The highest BCUT2D eigenvalue weighted by Crippen LogP contribution is 2.37. The van der Waals surface area contributed by atoms with E-state index in [1.807, 2.05) is 66.7 Å². The highest BCUT2D eigenvalue weighted by Gasteiger charge is 2.17. The third kappa shape index (κ3) is 7.20. The van der Waals surface area contributed by atoms with Gasteiger partial charge in [0.05, 0.1) is 28.4 Å². The van der Waals surface area contributed by atoms with Crippen LogP contribution >= 0.6 is 0 Å². The van der Waals surface area contributed by atoms with Crippen molar-refractivity contribution < 1.29 is 28.4 Å². The van der Waals surface area contributed by atoms with Crippen LogP contribution in [0.25, 0.3) is 11.1 Å². The average Bonchev–Trinajstić information content (AvgIpc) is 3.15. The van der Waals surface area contributed by atoms with Gasteiger partial charge in [0.1, 0.15) is 36.2 Å². The summed E-state index contributed by atoms with van der Waals surface area (Å²) in [5.74, 6) is 4.57. The number of rotatable bonds is 11. The molecule has 1 heterocycles. The van der Waals surface area contributed by atoms with Crippen molar-refractivity contribution in [3.63, 3.8) is 0 Å². The van der Waals surface area contributed by atoms with Crippen molar-refractivity contribution in [1.82, 2.24) is 0 Å². The second-order valence-electron chi connectivity index (χ2n) is 10.7. The highest BCUT2D eigenvalue weighted by molar-refractivity contribution is 5.86. The maximum Gasteiger partial charge on any atom is 0.163 e. The summed E-state index contributed by atoms with van der Waals surface area (Å²) in [5.41, 5.74) is 6.94. The molecule has 238 valence electrons. The summed E-state index contributed by atoms with van der Waals surface area (Å²) in [6, 6.07) is 38.3. The quantitative estimate of drug-likeness (QED) is 0.146. The monoisotopic (exact) mass is 627 g/mol. The van der Waals surface area contributed by atoms with Crippen LogP contribution in [0.3, 0.4) is 0 Å². The van der Waals surface area contributed by atoms with E-state index in [1.54, 1.807) is 28.4 Å². The summed E-state index contributed by atoms with van der Waals surface area (Å²) in [4.78, 5) is 2.13. The molecule has 0 aromatic heterocycles. The van der Waals surface area contributed by atoms with E-state index >= 15 is 0 Å². The van der Waals surface area contributed by atoms with E-state index in [0.29, 0.717) is 19.0 Å². The maximum absolute atomic E-state index is 6.02. The van der Waals surface area contributed by atoms with Crippen LogP contribution in [-0.4, -0.2) is 41.7 Å². The molecule has 0 radical (unpaired) electrons. The second-order valence-corrected chi connectivity index (χ2v) is 10.7. The molecule has 47 heavy (non-hydrogen) atoms. The highest BCUT2D eigenvalue weighted by atomic mass is 16.6. The zero-order valence-electron chi connectivity index (χ0n) is 26.9. The molecule has 0 atom stereocenters. The van der Waals surface area contributed by atoms with Crippen molar-refractivity contribution in [3.8, 4) is 34.5 Å². The molecule has 0 bridgehead atoms. The number of benzene rings is 5.